The largest absolute Gasteiger partial charge is 0.440 e. The molecule has 0 saturated heterocycles. The van der Waals surface area contributed by atoms with Crippen LogP contribution in [0.4, 0.5) is 0 Å². The normalized spacial score (nSPS) is 14.4. The van der Waals surface area contributed by atoms with E-state index in [4.69, 9.17) is 9.31 Å². The summed E-state index contributed by atoms with van der Waals surface area (Å²) in [5, 5.41) is -0.431. The van der Waals surface area contributed by atoms with Crippen molar-refractivity contribution in [3.05, 3.63) is 59.7 Å². The molecule has 2 radical (unpaired) electrons. The lowest BCUT2D eigenvalue weighted by Crippen LogP contribution is -2.42. The molecule has 1 aliphatic rings. The van der Waals surface area contributed by atoms with Crippen LogP contribution in [0, 0.1) is 0 Å². The van der Waals surface area contributed by atoms with Crippen molar-refractivity contribution in [2.45, 2.75) is 19.1 Å². The Hall–Kier alpha value is -1.51. The summed E-state index contributed by atoms with van der Waals surface area (Å²) in [6, 6.07) is 16.9. The molecule has 0 N–H and O–H groups in total. The van der Waals surface area contributed by atoms with Crippen LogP contribution in [0.3, 0.4) is 0 Å². The number of benzene rings is 2. The Morgan fingerprint density at radius 3 is 1.62 bits per heavy atom. The molecule has 0 amide bonds. The van der Waals surface area contributed by atoms with E-state index in [0.29, 0.717) is 13.2 Å². The molecular formula is C17H18B2O2. The van der Waals surface area contributed by atoms with E-state index in [1.54, 1.807) is 0 Å². The molecule has 0 fully saturated rings. The zero-order valence-electron chi connectivity index (χ0n) is 12.5. The van der Waals surface area contributed by atoms with Crippen molar-refractivity contribution in [3.63, 3.8) is 0 Å². The van der Waals surface area contributed by atoms with E-state index in [2.05, 4.69) is 48.5 Å². The second-order valence-electron chi connectivity index (χ2n) is 5.11. The highest BCUT2D eigenvalue weighted by Crippen LogP contribution is 2.47. The van der Waals surface area contributed by atoms with Crippen LogP contribution in [-0.4, -0.2) is 28.2 Å². The van der Waals surface area contributed by atoms with Crippen molar-refractivity contribution in [2.24, 2.45) is 0 Å². The lowest BCUT2D eigenvalue weighted by Gasteiger charge is -2.28. The Labute approximate surface area is 128 Å². The van der Waals surface area contributed by atoms with Crippen molar-refractivity contribution < 1.29 is 9.31 Å². The molecule has 0 aromatic heterocycles. The third-order valence-electron chi connectivity index (χ3n) is 3.91. The summed E-state index contributed by atoms with van der Waals surface area (Å²) in [7, 11) is 3.82. The van der Waals surface area contributed by atoms with E-state index in [1.165, 1.54) is 22.3 Å². The Morgan fingerprint density at radius 1 is 0.762 bits per heavy atom. The summed E-state index contributed by atoms with van der Waals surface area (Å²) in [5.74, 6) is 0. The molecule has 4 heteroatoms. The van der Waals surface area contributed by atoms with E-state index < -0.39 is 5.21 Å². The van der Waals surface area contributed by atoms with Gasteiger partial charge in [0.1, 0.15) is 0 Å². The first kappa shape index (κ1) is 14.4. The third kappa shape index (κ3) is 2.33. The molecular weight excluding hydrogens is 258 g/mol. The first-order valence-corrected chi connectivity index (χ1v) is 7.45. The van der Waals surface area contributed by atoms with Crippen LogP contribution in [0.2, 0.25) is 0 Å². The highest BCUT2D eigenvalue weighted by atomic mass is 16.4. The Kier molecular flexibility index (Phi) is 4.18. The fraction of sp³-hybridized carbons (Fsp3) is 0.294. The average Bonchev–Trinajstić information content (AvgIpc) is 2.82. The quantitative estimate of drug-likeness (QED) is 0.754. The summed E-state index contributed by atoms with van der Waals surface area (Å²) >= 11 is 0. The van der Waals surface area contributed by atoms with Gasteiger partial charge in [-0.15, -0.1) is 0 Å². The van der Waals surface area contributed by atoms with Crippen LogP contribution in [0.25, 0.3) is 11.1 Å². The predicted molar refractivity (Wildman–Crippen MR) is 87.4 cm³/mol. The molecule has 1 aliphatic carbocycles. The minimum absolute atomic E-state index is 0.431. The van der Waals surface area contributed by atoms with Crippen LogP contribution in [0.15, 0.2) is 48.5 Å². The van der Waals surface area contributed by atoms with E-state index in [0.717, 1.165) is 0 Å². The first-order valence-electron chi connectivity index (χ1n) is 7.45. The maximum Gasteiger partial charge on any atom is 0.302 e. The SMILES string of the molecule is CCO[B]C1([B]OCC)c2ccccc2-c2ccccc21. The molecule has 2 aromatic carbocycles. The molecule has 21 heavy (non-hydrogen) atoms. The van der Waals surface area contributed by atoms with Gasteiger partial charge in [0.05, 0.1) is 0 Å². The first-order chi connectivity index (χ1) is 10.3. The molecule has 0 unspecified atom stereocenters. The van der Waals surface area contributed by atoms with E-state index in [9.17, 15) is 0 Å². The number of hydrogen-bond acceptors (Lipinski definition) is 2. The third-order valence-corrected chi connectivity index (χ3v) is 3.91. The number of fused-ring (bicyclic) bond motifs is 3. The van der Waals surface area contributed by atoms with E-state index in [1.807, 2.05) is 28.8 Å². The highest BCUT2D eigenvalue weighted by molar-refractivity contribution is 6.58. The van der Waals surface area contributed by atoms with Crippen molar-refractivity contribution in [1.82, 2.24) is 0 Å². The summed E-state index contributed by atoms with van der Waals surface area (Å²) in [6.07, 6.45) is 0. The number of hydrogen-bond donors (Lipinski definition) is 0. The van der Waals surface area contributed by atoms with Gasteiger partial charge < -0.3 is 9.31 Å². The molecule has 2 aromatic rings. The highest BCUT2D eigenvalue weighted by Gasteiger charge is 2.45. The zero-order chi connectivity index (χ0) is 14.7. The van der Waals surface area contributed by atoms with Crippen molar-refractivity contribution >= 4 is 15.0 Å². The standard InChI is InChI=1S/C17H18B2O2/c1-3-20-18-17(19-21-4-2)15-11-7-5-9-13(15)14-10-6-8-12-16(14)17/h5-12H,3-4H2,1-2H3. The molecule has 0 atom stereocenters. The van der Waals surface area contributed by atoms with Gasteiger partial charge >= 0.3 is 15.0 Å². The molecule has 0 heterocycles. The fourth-order valence-corrected chi connectivity index (χ4v) is 3.01. The second-order valence-corrected chi connectivity index (χ2v) is 5.11. The van der Waals surface area contributed by atoms with Crippen molar-refractivity contribution in [1.29, 1.82) is 0 Å². The molecule has 0 spiro atoms. The number of rotatable bonds is 6. The maximum absolute atomic E-state index is 5.70. The van der Waals surface area contributed by atoms with Gasteiger partial charge in [0.2, 0.25) is 0 Å². The fourth-order valence-electron chi connectivity index (χ4n) is 3.01. The maximum atomic E-state index is 5.70. The van der Waals surface area contributed by atoms with Crippen LogP contribution < -0.4 is 0 Å². The molecule has 0 aliphatic heterocycles. The van der Waals surface area contributed by atoms with Gasteiger partial charge in [0, 0.05) is 18.4 Å². The minimum Gasteiger partial charge on any atom is -0.440 e. The van der Waals surface area contributed by atoms with Crippen molar-refractivity contribution in [3.8, 4) is 11.1 Å². The Balaban J connectivity index is 2.16. The molecule has 2 nitrogen and oxygen atoms in total. The van der Waals surface area contributed by atoms with Gasteiger partial charge in [-0.3, -0.25) is 0 Å². The molecule has 0 saturated carbocycles. The molecule has 3 rings (SSSR count). The predicted octanol–water partition coefficient (Wildman–Crippen LogP) is 3.18. The van der Waals surface area contributed by atoms with E-state index >= 15 is 0 Å². The van der Waals surface area contributed by atoms with Gasteiger partial charge in [-0.05, 0) is 36.1 Å². The minimum atomic E-state index is -0.431. The molecule has 0 bridgehead atoms. The topological polar surface area (TPSA) is 18.5 Å². The van der Waals surface area contributed by atoms with Gasteiger partial charge in [0.15, 0.2) is 0 Å². The lowest BCUT2D eigenvalue weighted by molar-refractivity contribution is 0.333. The summed E-state index contributed by atoms with van der Waals surface area (Å²) < 4.78 is 11.4. The zero-order valence-corrected chi connectivity index (χ0v) is 12.5. The van der Waals surface area contributed by atoms with Crippen LogP contribution in [-0.2, 0) is 14.5 Å². The van der Waals surface area contributed by atoms with Gasteiger partial charge in [-0.25, -0.2) is 0 Å². The monoisotopic (exact) mass is 276 g/mol. The van der Waals surface area contributed by atoms with Gasteiger partial charge in [-0.2, -0.15) is 0 Å². The smallest absolute Gasteiger partial charge is 0.302 e. The van der Waals surface area contributed by atoms with Crippen LogP contribution in [0.1, 0.15) is 25.0 Å². The summed E-state index contributed by atoms with van der Waals surface area (Å²) in [4.78, 5) is 0. The van der Waals surface area contributed by atoms with Crippen molar-refractivity contribution in [2.75, 3.05) is 13.2 Å². The van der Waals surface area contributed by atoms with Gasteiger partial charge in [0.25, 0.3) is 0 Å². The Bertz CT molecular complexity index is 572. The van der Waals surface area contributed by atoms with Gasteiger partial charge in [-0.1, -0.05) is 48.5 Å². The average molecular weight is 276 g/mol. The van der Waals surface area contributed by atoms with Crippen LogP contribution >= 0.6 is 0 Å². The van der Waals surface area contributed by atoms with Crippen LogP contribution in [0.5, 0.6) is 0 Å². The van der Waals surface area contributed by atoms with E-state index in [-0.39, 0.29) is 0 Å². The molecule has 104 valence electrons. The summed E-state index contributed by atoms with van der Waals surface area (Å²) in [5.41, 5.74) is 4.93. The lowest BCUT2D eigenvalue weighted by atomic mass is 9.42. The second kappa shape index (κ2) is 6.08. The summed E-state index contributed by atoms with van der Waals surface area (Å²) in [6.45, 7) is 5.29. The Morgan fingerprint density at radius 2 is 1.19 bits per heavy atom.